The number of alkyl halides is 3. The summed E-state index contributed by atoms with van der Waals surface area (Å²) in [5.41, 5.74) is 5.61. The number of carbonyl (C=O) groups is 1. The van der Waals surface area contributed by atoms with E-state index < -0.39 is 23.6 Å². The van der Waals surface area contributed by atoms with Gasteiger partial charge in [-0.1, -0.05) is 20.3 Å². The lowest BCUT2D eigenvalue weighted by atomic mass is 9.80. The van der Waals surface area contributed by atoms with Crippen molar-refractivity contribution in [3.8, 4) is 0 Å². The molecule has 0 aromatic heterocycles. The van der Waals surface area contributed by atoms with Crippen LogP contribution in [0.15, 0.2) is 0 Å². The van der Waals surface area contributed by atoms with E-state index in [2.05, 4.69) is 5.32 Å². The Morgan fingerprint density at radius 2 is 1.81 bits per heavy atom. The molecule has 21 heavy (non-hydrogen) atoms. The summed E-state index contributed by atoms with van der Waals surface area (Å²) in [6, 6.07) is 0. The molecule has 1 saturated carbocycles. The van der Waals surface area contributed by atoms with Crippen molar-refractivity contribution in [2.24, 2.45) is 17.6 Å². The summed E-state index contributed by atoms with van der Waals surface area (Å²) in [6.07, 6.45) is -1.71. The molecule has 3 N–H and O–H groups in total. The van der Waals surface area contributed by atoms with E-state index in [0.717, 1.165) is 12.8 Å². The van der Waals surface area contributed by atoms with Gasteiger partial charge >= 0.3 is 6.18 Å². The molecule has 1 fully saturated rings. The van der Waals surface area contributed by atoms with Gasteiger partial charge in [-0.3, -0.25) is 4.79 Å². The zero-order valence-electron chi connectivity index (χ0n) is 12.6. The Labute approximate surface area is 130 Å². The zero-order chi connectivity index (χ0) is 15.4. The average molecular weight is 331 g/mol. The molecule has 2 unspecified atom stereocenters. The van der Waals surface area contributed by atoms with Gasteiger partial charge < -0.3 is 11.1 Å². The van der Waals surface area contributed by atoms with Gasteiger partial charge in [-0.25, -0.2) is 0 Å². The molecule has 1 amide bonds. The molecule has 1 aliphatic carbocycles. The summed E-state index contributed by atoms with van der Waals surface area (Å²) >= 11 is 0. The first-order chi connectivity index (χ1) is 9.22. The molecule has 1 rings (SSSR count). The Morgan fingerprint density at radius 1 is 1.24 bits per heavy atom. The second-order valence-corrected chi connectivity index (χ2v) is 5.89. The summed E-state index contributed by atoms with van der Waals surface area (Å²) in [6.45, 7) is 4.21. The van der Waals surface area contributed by atoms with E-state index in [1.807, 2.05) is 13.8 Å². The monoisotopic (exact) mass is 330 g/mol. The number of amides is 1. The van der Waals surface area contributed by atoms with E-state index in [0.29, 0.717) is 19.4 Å². The van der Waals surface area contributed by atoms with Crippen molar-refractivity contribution in [3.63, 3.8) is 0 Å². The zero-order valence-corrected chi connectivity index (χ0v) is 13.4. The second-order valence-electron chi connectivity index (χ2n) is 5.89. The highest BCUT2D eigenvalue weighted by Gasteiger charge is 2.43. The average Bonchev–Trinajstić information content (AvgIpc) is 2.43. The van der Waals surface area contributed by atoms with Crippen molar-refractivity contribution in [1.82, 2.24) is 5.32 Å². The van der Waals surface area contributed by atoms with Crippen LogP contribution in [0.2, 0.25) is 0 Å². The molecule has 0 radical (unpaired) electrons. The van der Waals surface area contributed by atoms with Gasteiger partial charge in [0.2, 0.25) is 5.91 Å². The first-order valence-corrected chi connectivity index (χ1v) is 7.35. The first kappa shape index (κ1) is 20.5. The molecule has 7 heteroatoms. The van der Waals surface area contributed by atoms with Gasteiger partial charge in [0.05, 0.1) is 5.92 Å². The smallest absolute Gasteiger partial charge is 0.354 e. The van der Waals surface area contributed by atoms with Gasteiger partial charge in [-0.05, 0) is 32.1 Å². The Morgan fingerprint density at radius 3 is 2.29 bits per heavy atom. The number of halogens is 4. The highest BCUT2D eigenvalue weighted by Crippen LogP contribution is 2.39. The maximum Gasteiger partial charge on any atom is 0.391 e. The van der Waals surface area contributed by atoms with E-state index in [9.17, 15) is 18.0 Å². The predicted molar refractivity (Wildman–Crippen MR) is 79.3 cm³/mol. The van der Waals surface area contributed by atoms with Gasteiger partial charge in [-0.15, -0.1) is 12.4 Å². The Hall–Kier alpha value is -0.490. The summed E-state index contributed by atoms with van der Waals surface area (Å²) in [7, 11) is 0. The van der Waals surface area contributed by atoms with E-state index in [4.69, 9.17) is 5.73 Å². The minimum atomic E-state index is -4.19. The van der Waals surface area contributed by atoms with Crippen molar-refractivity contribution >= 4 is 18.3 Å². The Bertz CT molecular complexity index is 333. The molecule has 126 valence electrons. The number of nitrogens with two attached hydrogens (primary N) is 1. The topological polar surface area (TPSA) is 55.1 Å². The molecule has 0 aliphatic heterocycles. The minimum Gasteiger partial charge on any atom is -0.354 e. The highest BCUT2D eigenvalue weighted by atomic mass is 35.5. The Balaban J connectivity index is 0.00000400. The predicted octanol–water partition coefficient (Wildman–Crippen LogP) is 3.41. The molecule has 0 spiro atoms. The molecule has 0 aromatic rings. The van der Waals surface area contributed by atoms with E-state index in [-0.39, 0.29) is 31.2 Å². The van der Waals surface area contributed by atoms with Crippen LogP contribution in [0, 0.1) is 11.8 Å². The fraction of sp³-hybridized carbons (Fsp3) is 0.929. The standard InChI is InChI=1S/C14H25F3N2O.ClH/c1-3-13(18,4-2)9-19-12(20)10-6-5-7-11(8-10)14(15,16)17;/h10-11H,3-9,18H2,1-2H3,(H,19,20);1H. The van der Waals surface area contributed by atoms with Crippen LogP contribution in [0.1, 0.15) is 52.4 Å². The van der Waals surface area contributed by atoms with Crippen LogP contribution in [0.4, 0.5) is 13.2 Å². The SMILES string of the molecule is CCC(N)(CC)CNC(=O)C1CCCC(C(F)(F)F)C1.Cl. The highest BCUT2D eigenvalue weighted by molar-refractivity contribution is 5.85. The number of hydrogen-bond acceptors (Lipinski definition) is 2. The first-order valence-electron chi connectivity index (χ1n) is 7.35. The maximum absolute atomic E-state index is 12.7. The van der Waals surface area contributed by atoms with Gasteiger partial charge in [-0.2, -0.15) is 13.2 Å². The van der Waals surface area contributed by atoms with Crippen molar-refractivity contribution < 1.29 is 18.0 Å². The number of carbonyl (C=O) groups excluding carboxylic acids is 1. The largest absolute Gasteiger partial charge is 0.391 e. The van der Waals surface area contributed by atoms with Crippen molar-refractivity contribution in [2.45, 2.75) is 64.1 Å². The van der Waals surface area contributed by atoms with Crippen LogP contribution in [-0.2, 0) is 4.79 Å². The summed E-state index contributed by atoms with van der Waals surface area (Å²) < 4.78 is 38.1. The summed E-state index contributed by atoms with van der Waals surface area (Å²) in [4.78, 5) is 12.0. The number of hydrogen-bond donors (Lipinski definition) is 2. The molecule has 0 aromatic carbocycles. The third kappa shape index (κ3) is 6.02. The summed E-state index contributed by atoms with van der Waals surface area (Å²) in [5.74, 6) is -2.16. The van der Waals surface area contributed by atoms with Gasteiger partial charge in [0.1, 0.15) is 0 Å². The van der Waals surface area contributed by atoms with Crippen LogP contribution in [0.5, 0.6) is 0 Å². The fourth-order valence-electron chi connectivity index (χ4n) is 2.63. The van der Waals surface area contributed by atoms with Crippen molar-refractivity contribution in [1.29, 1.82) is 0 Å². The molecule has 0 bridgehead atoms. The van der Waals surface area contributed by atoms with Gasteiger partial charge in [0, 0.05) is 18.0 Å². The quantitative estimate of drug-likeness (QED) is 0.811. The molecule has 1 aliphatic rings. The number of nitrogens with one attached hydrogen (secondary N) is 1. The van der Waals surface area contributed by atoms with Crippen LogP contribution < -0.4 is 11.1 Å². The van der Waals surface area contributed by atoms with Crippen LogP contribution in [0.25, 0.3) is 0 Å². The van der Waals surface area contributed by atoms with E-state index in [1.165, 1.54) is 0 Å². The second kappa shape index (κ2) is 8.22. The van der Waals surface area contributed by atoms with Crippen molar-refractivity contribution in [3.05, 3.63) is 0 Å². The van der Waals surface area contributed by atoms with Crippen LogP contribution in [0.3, 0.4) is 0 Å². The fourth-order valence-corrected chi connectivity index (χ4v) is 2.63. The molecule has 0 heterocycles. The van der Waals surface area contributed by atoms with Gasteiger partial charge in [0.15, 0.2) is 0 Å². The lowest BCUT2D eigenvalue weighted by molar-refractivity contribution is -0.186. The molecular weight excluding hydrogens is 305 g/mol. The Kier molecular flexibility index (Phi) is 8.03. The van der Waals surface area contributed by atoms with Crippen molar-refractivity contribution in [2.75, 3.05) is 6.54 Å². The minimum absolute atomic E-state index is 0. The molecule has 2 atom stereocenters. The normalized spacial score (nSPS) is 23.3. The van der Waals surface area contributed by atoms with Crippen LogP contribution >= 0.6 is 12.4 Å². The van der Waals surface area contributed by atoms with E-state index >= 15 is 0 Å². The molecule has 3 nitrogen and oxygen atoms in total. The maximum atomic E-state index is 12.7. The number of rotatable bonds is 5. The lowest BCUT2D eigenvalue weighted by Gasteiger charge is -2.32. The molecule has 0 saturated heterocycles. The van der Waals surface area contributed by atoms with Crippen LogP contribution in [-0.4, -0.2) is 24.2 Å². The third-order valence-electron chi connectivity index (χ3n) is 4.53. The summed E-state index contributed by atoms with van der Waals surface area (Å²) in [5, 5.41) is 2.74. The third-order valence-corrected chi connectivity index (χ3v) is 4.53. The molecular formula is C14H26ClF3N2O. The van der Waals surface area contributed by atoms with E-state index in [1.54, 1.807) is 0 Å². The van der Waals surface area contributed by atoms with Gasteiger partial charge in [0.25, 0.3) is 0 Å². The lowest BCUT2D eigenvalue weighted by Crippen LogP contribution is -2.50.